The van der Waals surface area contributed by atoms with Crippen LogP contribution in [0.5, 0.6) is 0 Å². The fraction of sp³-hybridized carbons (Fsp3) is 0.500. The van der Waals surface area contributed by atoms with Crippen LogP contribution in [0.3, 0.4) is 0 Å². The third-order valence-corrected chi connectivity index (χ3v) is 4.66. The van der Waals surface area contributed by atoms with E-state index >= 15 is 0 Å². The third-order valence-electron chi connectivity index (χ3n) is 2.32. The van der Waals surface area contributed by atoms with Gasteiger partial charge in [0.1, 0.15) is 0 Å². The van der Waals surface area contributed by atoms with E-state index in [-0.39, 0.29) is 5.75 Å². The Morgan fingerprint density at radius 1 is 1.24 bits per heavy atom. The molecule has 0 amide bonds. The zero-order valence-corrected chi connectivity index (χ0v) is 12.5. The maximum Gasteiger partial charge on any atom is 0.178 e. The summed E-state index contributed by atoms with van der Waals surface area (Å²) in [7, 11) is -3.14. The second-order valence-corrected chi connectivity index (χ2v) is 7.26. The first kappa shape index (κ1) is 14.7. The summed E-state index contributed by atoms with van der Waals surface area (Å²) < 4.78 is 24.8. The van der Waals surface area contributed by atoms with Crippen molar-refractivity contribution >= 4 is 25.8 Å². The van der Waals surface area contributed by atoms with Crippen molar-refractivity contribution in [3.05, 3.63) is 28.7 Å². The number of rotatable bonds is 6. The number of sulfone groups is 1. The minimum absolute atomic E-state index is 0.189. The highest BCUT2D eigenvalue weighted by molar-refractivity contribution is 9.10. The fourth-order valence-corrected chi connectivity index (χ4v) is 2.99. The van der Waals surface area contributed by atoms with Gasteiger partial charge in [-0.1, -0.05) is 29.8 Å². The predicted molar refractivity (Wildman–Crippen MR) is 74.0 cm³/mol. The van der Waals surface area contributed by atoms with Crippen LogP contribution >= 0.6 is 15.9 Å². The summed E-state index contributed by atoms with van der Waals surface area (Å²) in [4.78, 5) is 0.394. The Hall–Kier alpha value is -0.390. The molecule has 1 N–H and O–H groups in total. The van der Waals surface area contributed by atoms with E-state index in [0.717, 1.165) is 11.0 Å². The number of benzene rings is 1. The second-order valence-electron chi connectivity index (χ2n) is 4.24. The standard InChI is InChI=1S/C12H18BrNO2S/c1-10(2)14-8-3-9-17(15,16)12-6-4-11(13)5-7-12/h4-7,10,14H,3,8-9H2,1-2H3. The largest absolute Gasteiger partial charge is 0.314 e. The molecular formula is C12H18BrNO2S. The zero-order valence-electron chi connectivity index (χ0n) is 10.1. The summed E-state index contributed by atoms with van der Waals surface area (Å²) in [5, 5.41) is 3.21. The van der Waals surface area contributed by atoms with Gasteiger partial charge in [-0.2, -0.15) is 0 Å². The summed E-state index contributed by atoms with van der Waals surface area (Å²) in [5.41, 5.74) is 0. The van der Waals surface area contributed by atoms with E-state index < -0.39 is 9.84 Å². The molecule has 1 rings (SSSR count). The van der Waals surface area contributed by atoms with Crippen molar-refractivity contribution < 1.29 is 8.42 Å². The van der Waals surface area contributed by atoms with Crippen LogP contribution in [-0.2, 0) is 9.84 Å². The first-order valence-corrected chi connectivity index (χ1v) is 8.08. The van der Waals surface area contributed by atoms with E-state index in [2.05, 4.69) is 21.2 Å². The fourth-order valence-electron chi connectivity index (χ4n) is 1.41. The van der Waals surface area contributed by atoms with Gasteiger partial charge in [-0.15, -0.1) is 0 Å². The molecule has 0 aromatic heterocycles. The van der Waals surface area contributed by atoms with Crippen LogP contribution in [0.1, 0.15) is 20.3 Å². The highest BCUT2D eigenvalue weighted by atomic mass is 79.9. The van der Waals surface area contributed by atoms with E-state index in [1.54, 1.807) is 24.3 Å². The van der Waals surface area contributed by atoms with Gasteiger partial charge in [0.05, 0.1) is 10.6 Å². The predicted octanol–water partition coefficient (Wildman–Crippen LogP) is 2.61. The van der Waals surface area contributed by atoms with Crippen LogP contribution < -0.4 is 5.32 Å². The van der Waals surface area contributed by atoms with Gasteiger partial charge in [-0.05, 0) is 37.2 Å². The lowest BCUT2D eigenvalue weighted by atomic mass is 10.4. The number of hydrogen-bond acceptors (Lipinski definition) is 3. The lowest BCUT2D eigenvalue weighted by Gasteiger charge is -2.08. The highest BCUT2D eigenvalue weighted by Gasteiger charge is 2.13. The molecule has 96 valence electrons. The lowest BCUT2D eigenvalue weighted by molar-refractivity contribution is 0.568. The van der Waals surface area contributed by atoms with Gasteiger partial charge in [0.15, 0.2) is 9.84 Å². The Kier molecular flexibility index (Phi) is 5.62. The molecule has 0 atom stereocenters. The van der Waals surface area contributed by atoms with E-state index in [0.29, 0.717) is 17.4 Å². The van der Waals surface area contributed by atoms with Crippen LogP contribution in [0.15, 0.2) is 33.6 Å². The molecule has 0 aliphatic carbocycles. The molecule has 0 radical (unpaired) electrons. The summed E-state index contributed by atoms with van der Waals surface area (Å²) in [6.07, 6.45) is 0.635. The molecule has 3 nitrogen and oxygen atoms in total. The summed E-state index contributed by atoms with van der Waals surface area (Å²) >= 11 is 3.29. The van der Waals surface area contributed by atoms with Crippen LogP contribution in [0.2, 0.25) is 0 Å². The minimum Gasteiger partial charge on any atom is -0.314 e. The molecule has 0 saturated carbocycles. The van der Waals surface area contributed by atoms with Gasteiger partial charge in [-0.3, -0.25) is 0 Å². The van der Waals surface area contributed by atoms with Crippen molar-refractivity contribution in [1.29, 1.82) is 0 Å². The third kappa shape index (κ3) is 5.19. The molecule has 1 aromatic carbocycles. The Balaban J connectivity index is 2.54. The second kappa shape index (κ2) is 6.52. The molecular weight excluding hydrogens is 302 g/mol. The lowest BCUT2D eigenvalue weighted by Crippen LogP contribution is -2.25. The van der Waals surface area contributed by atoms with Gasteiger partial charge in [-0.25, -0.2) is 8.42 Å². The number of nitrogens with one attached hydrogen (secondary N) is 1. The minimum atomic E-state index is -3.14. The van der Waals surface area contributed by atoms with Gasteiger partial charge in [0.25, 0.3) is 0 Å². The van der Waals surface area contributed by atoms with Crippen molar-refractivity contribution in [3.63, 3.8) is 0 Å². The Labute approximate surface area is 112 Å². The molecule has 0 fully saturated rings. The van der Waals surface area contributed by atoms with Crippen molar-refractivity contribution in [2.24, 2.45) is 0 Å². The zero-order chi connectivity index (χ0) is 12.9. The van der Waals surface area contributed by atoms with Crippen LogP contribution in [0.25, 0.3) is 0 Å². The molecule has 0 heterocycles. The average molecular weight is 320 g/mol. The SMILES string of the molecule is CC(C)NCCCS(=O)(=O)c1ccc(Br)cc1. The molecule has 0 aliphatic heterocycles. The normalized spacial score (nSPS) is 12.0. The van der Waals surface area contributed by atoms with Crippen molar-refractivity contribution in [1.82, 2.24) is 5.32 Å². The highest BCUT2D eigenvalue weighted by Crippen LogP contribution is 2.16. The van der Waals surface area contributed by atoms with Crippen molar-refractivity contribution in [2.75, 3.05) is 12.3 Å². The molecule has 1 aromatic rings. The number of hydrogen-bond donors (Lipinski definition) is 1. The van der Waals surface area contributed by atoms with Gasteiger partial charge in [0, 0.05) is 10.5 Å². The van der Waals surface area contributed by atoms with Gasteiger partial charge in [0.2, 0.25) is 0 Å². The molecule has 0 spiro atoms. The Morgan fingerprint density at radius 3 is 2.35 bits per heavy atom. The molecule has 17 heavy (non-hydrogen) atoms. The molecule has 5 heteroatoms. The first-order chi connectivity index (χ1) is 7.92. The van der Waals surface area contributed by atoms with Gasteiger partial charge >= 0.3 is 0 Å². The van der Waals surface area contributed by atoms with Crippen LogP contribution in [0.4, 0.5) is 0 Å². The van der Waals surface area contributed by atoms with E-state index in [1.807, 2.05) is 13.8 Å². The monoisotopic (exact) mass is 319 g/mol. The maximum atomic E-state index is 11.9. The van der Waals surface area contributed by atoms with Crippen LogP contribution in [-0.4, -0.2) is 26.8 Å². The van der Waals surface area contributed by atoms with E-state index in [1.165, 1.54) is 0 Å². The topological polar surface area (TPSA) is 46.2 Å². The van der Waals surface area contributed by atoms with E-state index in [9.17, 15) is 8.42 Å². The van der Waals surface area contributed by atoms with Crippen molar-refractivity contribution in [2.45, 2.75) is 31.2 Å². The summed E-state index contributed by atoms with van der Waals surface area (Å²) in [5.74, 6) is 0.189. The maximum absolute atomic E-state index is 11.9. The Bertz CT molecular complexity index is 440. The molecule has 0 aliphatic rings. The molecule has 0 bridgehead atoms. The molecule has 0 unspecified atom stereocenters. The molecule has 0 saturated heterocycles. The summed E-state index contributed by atoms with van der Waals surface area (Å²) in [6.45, 7) is 4.82. The quantitative estimate of drug-likeness (QED) is 0.820. The summed E-state index contributed by atoms with van der Waals surface area (Å²) in [6, 6.07) is 7.16. The Morgan fingerprint density at radius 2 is 1.82 bits per heavy atom. The smallest absolute Gasteiger partial charge is 0.178 e. The first-order valence-electron chi connectivity index (χ1n) is 5.63. The van der Waals surface area contributed by atoms with Gasteiger partial charge < -0.3 is 5.32 Å². The van der Waals surface area contributed by atoms with Crippen molar-refractivity contribution in [3.8, 4) is 0 Å². The average Bonchev–Trinajstić information content (AvgIpc) is 2.25. The van der Waals surface area contributed by atoms with Crippen LogP contribution in [0, 0.1) is 0 Å². The number of halogens is 1. The van der Waals surface area contributed by atoms with E-state index in [4.69, 9.17) is 0 Å².